The van der Waals surface area contributed by atoms with Crippen LogP contribution in [0.1, 0.15) is 13.3 Å². The number of rotatable bonds is 7. The maximum absolute atomic E-state index is 12.4. The van der Waals surface area contributed by atoms with Crippen molar-refractivity contribution in [3.63, 3.8) is 0 Å². The van der Waals surface area contributed by atoms with Crippen molar-refractivity contribution >= 4 is 22.4 Å². The van der Waals surface area contributed by atoms with Crippen molar-refractivity contribution in [1.82, 2.24) is 14.8 Å². The maximum atomic E-state index is 12.4. The number of likely N-dealkylation sites (N-methyl/N-ethyl adjacent to an activating group) is 1. The Bertz CT molecular complexity index is 454. The molecule has 1 aliphatic rings. The molecule has 1 atom stereocenters. The molecule has 124 valence electrons. The number of ether oxygens (including phenoxy) is 1. The predicted molar refractivity (Wildman–Crippen MR) is 89.5 cm³/mol. The molecule has 0 radical (unpaired) electrons. The molecule has 22 heavy (non-hydrogen) atoms. The van der Waals surface area contributed by atoms with Gasteiger partial charge in [0.25, 0.3) is 0 Å². The first-order valence-electron chi connectivity index (χ1n) is 7.77. The van der Waals surface area contributed by atoms with E-state index in [-0.39, 0.29) is 5.91 Å². The van der Waals surface area contributed by atoms with Gasteiger partial charge in [-0.3, -0.25) is 19.5 Å². The lowest BCUT2D eigenvalue weighted by molar-refractivity contribution is -0.120. The van der Waals surface area contributed by atoms with E-state index in [1.807, 2.05) is 5.38 Å². The van der Waals surface area contributed by atoms with E-state index in [1.165, 1.54) is 11.3 Å². The second-order valence-electron chi connectivity index (χ2n) is 5.59. The van der Waals surface area contributed by atoms with Gasteiger partial charge in [-0.25, -0.2) is 4.98 Å². The number of piperazine rings is 1. The summed E-state index contributed by atoms with van der Waals surface area (Å²) in [6, 6.07) is 0.502. The lowest BCUT2D eigenvalue weighted by atomic mass is 10.1. The summed E-state index contributed by atoms with van der Waals surface area (Å²) in [7, 11) is 3.54. The topological polar surface area (TPSA) is 48.9 Å². The largest absolute Gasteiger partial charge is 0.383 e. The van der Waals surface area contributed by atoms with Gasteiger partial charge in [0.2, 0.25) is 5.91 Å². The molecule has 6 nitrogen and oxygen atoms in total. The van der Waals surface area contributed by atoms with Crippen LogP contribution in [0.15, 0.2) is 11.6 Å². The first-order valence-corrected chi connectivity index (χ1v) is 8.65. The fraction of sp³-hybridized carbons (Fsp3) is 0.733. The van der Waals surface area contributed by atoms with Gasteiger partial charge in [0.15, 0.2) is 5.13 Å². The number of amides is 1. The van der Waals surface area contributed by atoms with Crippen molar-refractivity contribution in [2.75, 3.05) is 58.4 Å². The number of hydrogen-bond donors (Lipinski definition) is 0. The van der Waals surface area contributed by atoms with Crippen LogP contribution in [0.2, 0.25) is 0 Å². The standard InChI is InChI=1S/C15H26N4O2S/c1-4-13-11-18(6-7-19(13)8-9-21-3)12-14(20)17(2)15-16-5-10-22-15/h5,10,13H,4,6-9,11-12H2,1-3H3/t13-/m0/s1. The van der Waals surface area contributed by atoms with E-state index in [9.17, 15) is 4.79 Å². The van der Waals surface area contributed by atoms with E-state index in [2.05, 4.69) is 21.7 Å². The normalized spacial score (nSPS) is 20.2. The number of anilines is 1. The van der Waals surface area contributed by atoms with E-state index in [1.54, 1.807) is 25.3 Å². The van der Waals surface area contributed by atoms with Crippen LogP contribution in [0.4, 0.5) is 5.13 Å². The third kappa shape index (κ3) is 4.49. The van der Waals surface area contributed by atoms with Crippen molar-refractivity contribution < 1.29 is 9.53 Å². The highest BCUT2D eigenvalue weighted by atomic mass is 32.1. The molecular weight excluding hydrogens is 300 g/mol. The molecule has 1 saturated heterocycles. The molecule has 0 aromatic carbocycles. The molecule has 0 unspecified atom stereocenters. The van der Waals surface area contributed by atoms with Crippen LogP contribution >= 0.6 is 11.3 Å². The molecular formula is C15H26N4O2S. The van der Waals surface area contributed by atoms with Gasteiger partial charge >= 0.3 is 0 Å². The van der Waals surface area contributed by atoms with Crippen molar-refractivity contribution in [3.05, 3.63) is 11.6 Å². The molecule has 1 amide bonds. The maximum Gasteiger partial charge on any atom is 0.242 e. The van der Waals surface area contributed by atoms with Crippen molar-refractivity contribution in [1.29, 1.82) is 0 Å². The number of carbonyl (C=O) groups excluding carboxylic acids is 1. The van der Waals surface area contributed by atoms with E-state index in [0.29, 0.717) is 12.6 Å². The molecule has 1 aromatic heterocycles. The monoisotopic (exact) mass is 326 g/mol. The predicted octanol–water partition coefficient (Wildman–Crippen LogP) is 1.15. The minimum absolute atomic E-state index is 0.107. The van der Waals surface area contributed by atoms with Crippen molar-refractivity contribution in [3.8, 4) is 0 Å². The third-order valence-corrected chi connectivity index (χ3v) is 5.03. The van der Waals surface area contributed by atoms with Crippen LogP contribution in [0.3, 0.4) is 0 Å². The molecule has 1 aliphatic heterocycles. The highest BCUT2D eigenvalue weighted by Crippen LogP contribution is 2.17. The summed E-state index contributed by atoms with van der Waals surface area (Å²) >= 11 is 1.49. The van der Waals surface area contributed by atoms with Gasteiger partial charge in [-0.05, 0) is 6.42 Å². The average molecular weight is 326 g/mol. The highest BCUT2D eigenvalue weighted by molar-refractivity contribution is 7.13. The summed E-state index contributed by atoms with van der Waals surface area (Å²) in [5.74, 6) is 0.107. The summed E-state index contributed by atoms with van der Waals surface area (Å²) in [5.41, 5.74) is 0. The fourth-order valence-corrected chi connectivity index (χ4v) is 3.40. The SMILES string of the molecule is CC[C@H]1CN(CC(=O)N(C)c2nccs2)CCN1CCOC. The van der Waals surface area contributed by atoms with Crippen LogP contribution in [0.5, 0.6) is 0 Å². The Balaban J connectivity index is 1.85. The molecule has 1 aromatic rings. The summed E-state index contributed by atoms with van der Waals surface area (Å²) in [6.07, 6.45) is 2.82. The fourth-order valence-electron chi connectivity index (χ4n) is 2.78. The van der Waals surface area contributed by atoms with Crippen LogP contribution in [-0.2, 0) is 9.53 Å². The van der Waals surface area contributed by atoms with E-state index in [0.717, 1.165) is 44.3 Å². The van der Waals surface area contributed by atoms with Crippen LogP contribution in [-0.4, -0.2) is 80.2 Å². The minimum Gasteiger partial charge on any atom is -0.383 e. The smallest absolute Gasteiger partial charge is 0.242 e. The number of thiazole rings is 1. The third-order valence-electron chi connectivity index (χ3n) is 4.18. The average Bonchev–Trinajstić information content (AvgIpc) is 3.07. The first kappa shape index (κ1) is 17.3. The van der Waals surface area contributed by atoms with Crippen molar-refractivity contribution in [2.24, 2.45) is 0 Å². The van der Waals surface area contributed by atoms with E-state index >= 15 is 0 Å². The lowest BCUT2D eigenvalue weighted by Gasteiger charge is -2.41. The van der Waals surface area contributed by atoms with E-state index < -0.39 is 0 Å². The van der Waals surface area contributed by atoms with Gasteiger partial charge < -0.3 is 4.74 Å². The minimum atomic E-state index is 0.107. The van der Waals surface area contributed by atoms with Gasteiger partial charge in [-0.2, -0.15) is 0 Å². The summed E-state index contributed by atoms with van der Waals surface area (Å²) in [4.78, 5) is 22.9. The van der Waals surface area contributed by atoms with Gasteiger partial charge in [0.05, 0.1) is 13.2 Å². The zero-order valence-corrected chi connectivity index (χ0v) is 14.5. The van der Waals surface area contributed by atoms with Gasteiger partial charge in [-0.15, -0.1) is 11.3 Å². The Morgan fingerprint density at radius 3 is 3.00 bits per heavy atom. The molecule has 2 heterocycles. The Hall–Kier alpha value is -1.02. The quantitative estimate of drug-likeness (QED) is 0.752. The molecule has 0 bridgehead atoms. The zero-order valence-electron chi connectivity index (χ0n) is 13.7. The molecule has 7 heteroatoms. The Kier molecular flexibility index (Phi) is 6.75. The zero-order chi connectivity index (χ0) is 15.9. The summed E-state index contributed by atoms with van der Waals surface area (Å²) < 4.78 is 5.18. The van der Waals surface area contributed by atoms with Gasteiger partial charge in [-0.1, -0.05) is 6.92 Å². The molecule has 2 rings (SSSR count). The second-order valence-corrected chi connectivity index (χ2v) is 6.47. The highest BCUT2D eigenvalue weighted by Gasteiger charge is 2.27. The van der Waals surface area contributed by atoms with Crippen LogP contribution in [0, 0.1) is 0 Å². The summed E-state index contributed by atoms with van der Waals surface area (Å²) in [6.45, 7) is 7.27. The van der Waals surface area contributed by atoms with Crippen LogP contribution < -0.4 is 4.90 Å². The molecule has 0 spiro atoms. The Labute approximate surface area is 136 Å². The number of carbonyl (C=O) groups is 1. The first-order chi connectivity index (χ1) is 10.7. The molecule has 1 fully saturated rings. The number of hydrogen-bond acceptors (Lipinski definition) is 6. The number of nitrogens with zero attached hydrogens (tertiary/aromatic N) is 4. The van der Waals surface area contributed by atoms with Gasteiger partial charge in [0, 0.05) is 58.0 Å². The second kappa shape index (κ2) is 8.57. The Morgan fingerprint density at radius 1 is 1.55 bits per heavy atom. The molecule has 0 N–H and O–H groups in total. The molecule has 0 saturated carbocycles. The Morgan fingerprint density at radius 2 is 2.36 bits per heavy atom. The lowest BCUT2D eigenvalue weighted by Crippen LogP contribution is -2.55. The van der Waals surface area contributed by atoms with Crippen LogP contribution in [0.25, 0.3) is 0 Å². The van der Waals surface area contributed by atoms with Crippen molar-refractivity contribution in [2.45, 2.75) is 19.4 Å². The number of methoxy groups -OCH3 is 1. The van der Waals surface area contributed by atoms with Gasteiger partial charge in [0.1, 0.15) is 0 Å². The van der Waals surface area contributed by atoms with E-state index in [4.69, 9.17) is 4.74 Å². The molecule has 0 aliphatic carbocycles. The summed E-state index contributed by atoms with van der Waals surface area (Å²) in [5, 5.41) is 2.65. The number of aromatic nitrogens is 1.